The van der Waals surface area contributed by atoms with Gasteiger partial charge in [-0.2, -0.15) is 0 Å². The van der Waals surface area contributed by atoms with E-state index in [-0.39, 0.29) is 42.9 Å². The Morgan fingerprint density at radius 1 is 1.36 bits per heavy atom. The predicted molar refractivity (Wildman–Crippen MR) is 124 cm³/mol. The zero-order chi connectivity index (χ0) is 24.5. The highest BCUT2D eigenvalue weighted by Gasteiger charge is 2.57. The first kappa shape index (κ1) is 25.2. The maximum Gasteiger partial charge on any atom is 0.410 e. The average Bonchev–Trinajstić information content (AvgIpc) is 3.06. The summed E-state index contributed by atoms with van der Waals surface area (Å²) in [4.78, 5) is 40.5. The van der Waals surface area contributed by atoms with Crippen LogP contribution >= 0.6 is 0 Å². The molecule has 0 aromatic heterocycles. The molecule has 4 atom stereocenters. The molecule has 10 heteroatoms. The van der Waals surface area contributed by atoms with Gasteiger partial charge in [-0.1, -0.05) is 18.7 Å². The number of carboxylic acids is 1. The van der Waals surface area contributed by atoms with Crippen LogP contribution in [0.1, 0.15) is 20.3 Å². The largest absolute Gasteiger partial charge is 0.477 e. The zero-order valence-electron chi connectivity index (χ0n) is 20.0. The highest BCUT2D eigenvalue weighted by Crippen LogP contribution is 2.46. The number of amides is 2. The Balaban J connectivity index is 1.83. The molecule has 3 heterocycles. The van der Waals surface area contributed by atoms with Gasteiger partial charge in [0, 0.05) is 6.54 Å². The lowest BCUT2D eigenvalue weighted by atomic mass is 9.82. The van der Waals surface area contributed by atoms with E-state index in [0.717, 1.165) is 0 Å². The molecule has 0 spiro atoms. The molecule has 9 nitrogen and oxygen atoms in total. The third-order valence-electron chi connectivity index (χ3n) is 6.10. The normalized spacial score (nSPS) is 26.6. The van der Waals surface area contributed by atoms with Gasteiger partial charge in [-0.25, -0.2) is 9.59 Å². The first-order valence-electron chi connectivity index (χ1n) is 11.2. The molecule has 0 saturated carbocycles. The SMILES string of the molecule is C=CCOC(=O)N1CCOC[C@H]1C=C(C)C1=C(C(=O)O)N2C(=O)[C@H]([C@@H](C)O[Si](C)(C)C)[C@H]2C1. The van der Waals surface area contributed by atoms with Gasteiger partial charge in [-0.15, -0.1) is 0 Å². The average molecular weight is 479 g/mol. The van der Waals surface area contributed by atoms with Crippen LogP contribution in [0, 0.1) is 5.92 Å². The Labute approximate surface area is 195 Å². The third kappa shape index (κ3) is 5.23. The molecular formula is C23H34N2O7Si. The third-order valence-corrected chi connectivity index (χ3v) is 7.18. The fourth-order valence-electron chi connectivity index (χ4n) is 4.83. The lowest BCUT2D eigenvalue weighted by molar-refractivity contribution is -0.160. The van der Waals surface area contributed by atoms with Crippen molar-refractivity contribution >= 4 is 26.3 Å². The van der Waals surface area contributed by atoms with Gasteiger partial charge < -0.3 is 23.9 Å². The first-order chi connectivity index (χ1) is 15.5. The van der Waals surface area contributed by atoms with Gasteiger partial charge in [0.15, 0.2) is 8.32 Å². The summed E-state index contributed by atoms with van der Waals surface area (Å²) in [5.41, 5.74) is 1.34. The molecule has 0 aliphatic carbocycles. The van der Waals surface area contributed by atoms with Gasteiger partial charge in [-0.3, -0.25) is 9.69 Å². The topological polar surface area (TPSA) is 106 Å². The van der Waals surface area contributed by atoms with Crippen molar-refractivity contribution in [3.05, 3.63) is 35.6 Å². The number of hydrogen-bond donors (Lipinski definition) is 1. The van der Waals surface area contributed by atoms with Crippen molar-refractivity contribution in [1.82, 2.24) is 9.80 Å². The highest BCUT2D eigenvalue weighted by molar-refractivity contribution is 6.69. The molecule has 3 aliphatic heterocycles. The summed E-state index contributed by atoms with van der Waals surface area (Å²) in [7, 11) is -1.86. The summed E-state index contributed by atoms with van der Waals surface area (Å²) in [6.07, 6.45) is 3.03. The number of carboxylic acid groups (broad SMARTS) is 1. The molecule has 0 aromatic carbocycles. The molecule has 0 bridgehead atoms. The van der Waals surface area contributed by atoms with E-state index in [4.69, 9.17) is 13.9 Å². The first-order valence-corrected chi connectivity index (χ1v) is 14.6. The highest BCUT2D eigenvalue weighted by atomic mass is 28.4. The smallest absolute Gasteiger partial charge is 0.410 e. The molecule has 1 N–H and O–H groups in total. The number of ether oxygens (including phenoxy) is 2. The molecule has 33 heavy (non-hydrogen) atoms. The molecular weight excluding hydrogens is 444 g/mol. The monoisotopic (exact) mass is 478 g/mol. The molecule has 0 aromatic rings. The van der Waals surface area contributed by atoms with Crippen molar-refractivity contribution in [2.24, 2.45) is 5.92 Å². The maximum absolute atomic E-state index is 12.9. The van der Waals surface area contributed by atoms with E-state index in [9.17, 15) is 19.5 Å². The maximum atomic E-state index is 12.9. The predicted octanol–water partition coefficient (Wildman–Crippen LogP) is 2.77. The number of β-lactam (4-membered cyclic amide) rings is 1. The summed E-state index contributed by atoms with van der Waals surface area (Å²) in [6.45, 7) is 14.6. The molecule has 0 radical (unpaired) electrons. The molecule has 182 valence electrons. The van der Waals surface area contributed by atoms with E-state index in [1.165, 1.54) is 11.0 Å². The van der Waals surface area contributed by atoms with Crippen LogP contribution in [0.25, 0.3) is 0 Å². The zero-order valence-corrected chi connectivity index (χ0v) is 21.0. The number of rotatable bonds is 8. The number of allylic oxidation sites excluding steroid dienone is 1. The van der Waals surface area contributed by atoms with Crippen LogP contribution in [-0.2, 0) is 23.5 Å². The lowest BCUT2D eigenvalue weighted by Gasteiger charge is -2.47. The summed E-state index contributed by atoms with van der Waals surface area (Å²) >= 11 is 0. The summed E-state index contributed by atoms with van der Waals surface area (Å²) in [5, 5.41) is 9.90. The Kier molecular flexibility index (Phi) is 7.50. The van der Waals surface area contributed by atoms with Crippen LogP contribution in [-0.4, -0.2) is 85.7 Å². The van der Waals surface area contributed by atoms with Gasteiger partial charge in [0.1, 0.15) is 12.3 Å². The summed E-state index contributed by atoms with van der Waals surface area (Å²) < 4.78 is 16.9. The van der Waals surface area contributed by atoms with Gasteiger partial charge >= 0.3 is 12.1 Å². The fourth-order valence-corrected chi connectivity index (χ4v) is 6.09. The van der Waals surface area contributed by atoms with Crippen molar-refractivity contribution in [2.75, 3.05) is 26.4 Å². The van der Waals surface area contributed by atoms with E-state index in [0.29, 0.717) is 30.7 Å². The number of carbonyl (C=O) groups is 3. The number of morpholine rings is 1. The minimum atomic E-state index is -1.86. The minimum Gasteiger partial charge on any atom is -0.477 e. The second kappa shape index (κ2) is 9.82. The summed E-state index contributed by atoms with van der Waals surface area (Å²) in [6, 6.07) is -0.628. The van der Waals surface area contributed by atoms with E-state index in [1.54, 1.807) is 4.90 Å². The molecule has 3 aliphatic rings. The van der Waals surface area contributed by atoms with Crippen molar-refractivity contribution in [3.63, 3.8) is 0 Å². The quantitative estimate of drug-likeness (QED) is 0.325. The van der Waals surface area contributed by atoms with Crippen LogP contribution in [0.4, 0.5) is 4.79 Å². The Bertz CT molecular complexity index is 892. The number of aliphatic carboxylic acids is 1. The van der Waals surface area contributed by atoms with E-state index in [1.807, 2.05) is 19.9 Å². The second-order valence-electron chi connectivity index (χ2n) is 9.62. The number of carbonyl (C=O) groups excluding carboxylic acids is 2. The molecule has 2 saturated heterocycles. The van der Waals surface area contributed by atoms with Crippen molar-refractivity contribution in [2.45, 2.75) is 58.1 Å². The van der Waals surface area contributed by atoms with Crippen molar-refractivity contribution in [1.29, 1.82) is 0 Å². The van der Waals surface area contributed by atoms with E-state index >= 15 is 0 Å². The fraction of sp³-hybridized carbons (Fsp3) is 0.609. The van der Waals surface area contributed by atoms with Crippen LogP contribution < -0.4 is 0 Å². The molecule has 2 amide bonds. The summed E-state index contributed by atoms with van der Waals surface area (Å²) in [5.74, 6) is -1.70. The minimum absolute atomic E-state index is 0.0210. The lowest BCUT2D eigenvalue weighted by Crippen LogP contribution is -2.63. The van der Waals surface area contributed by atoms with Gasteiger partial charge in [0.25, 0.3) is 0 Å². The van der Waals surface area contributed by atoms with Crippen LogP contribution in [0.3, 0.4) is 0 Å². The van der Waals surface area contributed by atoms with E-state index < -0.39 is 26.4 Å². The van der Waals surface area contributed by atoms with Gasteiger partial charge in [-0.05, 0) is 51.1 Å². The molecule has 2 fully saturated rings. The van der Waals surface area contributed by atoms with Gasteiger partial charge in [0.2, 0.25) is 5.91 Å². The van der Waals surface area contributed by atoms with Gasteiger partial charge in [0.05, 0.1) is 37.3 Å². The number of nitrogens with zero attached hydrogens (tertiary/aromatic N) is 2. The Morgan fingerprint density at radius 3 is 2.67 bits per heavy atom. The number of hydrogen-bond acceptors (Lipinski definition) is 6. The van der Waals surface area contributed by atoms with Crippen LogP contribution in [0.15, 0.2) is 35.6 Å². The Morgan fingerprint density at radius 2 is 2.06 bits per heavy atom. The van der Waals surface area contributed by atoms with Crippen LogP contribution in [0.2, 0.25) is 19.6 Å². The van der Waals surface area contributed by atoms with Crippen LogP contribution in [0.5, 0.6) is 0 Å². The van der Waals surface area contributed by atoms with Crippen molar-refractivity contribution < 1.29 is 33.4 Å². The van der Waals surface area contributed by atoms with Crippen molar-refractivity contribution in [3.8, 4) is 0 Å². The number of fused-ring (bicyclic) bond motifs is 1. The molecule has 3 rings (SSSR count). The standard InChI is InChI=1S/C23H34N2O7Si/c1-7-9-31-23(29)24-8-10-30-13-16(24)11-14(2)17-12-18-19(15(3)32-33(4,5)6)21(26)25(18)20(17)22(27)28/h7,11,15-16,18-19H,1,8-10,12-13H2,2-6H3,(H,27,28)/t15-,16-,18-,19-/m1/s1. The molecule has 0 unspecified atom stereocenters. The second-order valence-corrected chi connectivity index (χ2v) is 14.1. The Hall–Kier alpha value is -2.43. The van der Waals surface area contributed by atoms with E-state index in [2.05, 4.69) is 26.2 Å².